The summed E-state index contributed by atoms with van der Waals surface area (Å²) in [4.78, 5) is 22.3. The highest BCUT2D eigenvalue weighted by Gasteiger charge is 2.56. The van der Waals surface area contributed by atoms with Gasteiger partial charge in [0.05, 0.1) is 5.92 Å². The Labute approximate surface area is 106 Å². The van der Waals surface area contributed by atoms with Crippen LogP contribution in [-0.2, 0) is 29.2 Å². The van der Waals surface area contributed by atoms with Crippen LogP contribution in [0.25, 0.3) is 0 Å². The second-order valence-electron chi connectivity index (χ2n) is 4.42. The Hall–Kier alpha value is -1.29. The maximum atomic E-state index is 13.0. The van der Waals surface area contributed by atoms with Crippen LogP contribution < -0.4 is 0 Å². The third-order valence-corrected chi connectivity index (χ3v) is 3.97. The standard InChI is InChI=1S/C9H10F2O7S/c10-9(11,19(14,15)16)8(13)18-5-2-1-4-3-6(5)17-7(4)12/h4-6H,1-3H2,(H,14,15,16). The minimum atomic E-state index is -5.89. The van der Waals surface area contributed by atoms with Gasteiger partial charge in [-0.1, -0.05) is 0 Å². The molecule has 0 aromatic carbocycles. The summed E-state index contributed by atoms with van der Waals surface area (Å²) >= 11 is 0. The minimum absolute atomic E-state index is 0.119. The molecule has 19 heavy (non-hydrogen) atoms. The number of carbonyl (C=O) groups is 2. The SMILES string of the molecule is O=C1OC2CC1CCC2OC(=O)C(F)(F)S(=O)(=O)O. The summed E-state index contributed by atoms with van der Waals surface area (Å²) in [6.07, 6.45) is -1.29. The molecule has 1 aliphatic heterocycles. The second-order valence-corrected chi connectivity index (χ2v) is 5.88. The Morgan fingerprint density at radius 2 is 2.05 bits per heavy atom. The molecule has 2 aliphatic rings. The summed E-state index contributed by atoms with van der Waals surface area (Å²) in [5, 5.41) is -5.04. The van der Waals surface area contributed by atoms with Gasteiger partial charge in [-0.3, -0.25) is 9.35 Å². The smallest absolute Gasteiger partial charge is 0.458 e. The van der Waals surface area contributed by atoms with Crippen LogP contribution in [0, 0.1) is 5.92 Å². The fourth-order valence-corrected chi connectivity index (χ4v) is 2.39. The minimum Gasteiger partial charge on any atom is -0.458 e. The number of carbonyl (C=O) groups excluding carboxylic acids is 2. The van der Waals surface area contributed by atoms with Crippen LogP contribution >= 0.6 is 0 Å². The van der Waals surface area contributed by atoms with Crippen molar-refractivity contribution in [3.63, 3.8) is 0 Å². The van der Waals surface area contributed by atoms with Crippen LogP contribution in [0.4, 0.5) is 8.78 Å². The lowest BCUT2D eigenvalue weighted by Crippen LogP contribution is -2.43. The summed E-state index contributed by atoms with van der Waals surface area (Å²) in [6.45, 7) is 0. The van der Waals surface area contributed by atoms with Crippen LogP contribution in [0.3, 0.4) is 0 Å². The van der Waals surface area contributed by atoms with E-state index in [0.717, 1.165) is 0 Å². The average molecular weight is 300 g/mol. The van der Waals surface area contributed by atoms with E-state index in [4.69, 9.17) is 9.29 Å². The van der Waals surface area contributed by atoms with Gasteiger partial charge in [0.1, 0.15) is 12.2 Å². The molecule has 0 amide bonds. The first-order valence-corrected chi connectivity index (χ1v) is 6.83. The molecule has 7 nitrogen and oxygen atoms in total. The molecular weight excluding hydrogens is 290 g/mol. The van der Waals surface area contributed by atoms with E-state index in [0.29, 0.717) is 6.42 Å². The highest BCUT2D eigenvalue weighted by molar-refractivity contribution is 7.87. The topological polar surface area (TPSA) is 107 Å². The van der Waals surface area contributed by atoms with Gasteiger partial charge in [0.15, 0.2) is 0 Å². The van der Waals surface area contributed by atoms with Gasteiger partial charge in [-0.25, -0.2) is 4.79 Å². The molecule has 1 saturated heterocycles. The summed E-state index contributed by atoms with van der Waals surface area (Å²) in [6, 6.07) is 0. The molecule has 1 saturated carbocycles. The van der Waals surface area contributed by atoms with Crippen LogP contribution in [0.15, 0.2) is 0 Å². The van der Waals surface area contributed by atoms with Crippen molar-refractivity contribution in [3.8, 4) is 0 Å². The highest BCUT2D eigenvalue weighted by atomic mass is 32.2. The van der Waals surface area contributed by atoms with E-state index >= 15 is 0 Å². The Kier molecular flexibility index (Phi) is 3.25. The second kappa shape index (κ2) is 4.37. The van der Waals surface area contributed by atoms with Gasteiger partial charge in [0.25, 0.3) is 0 Å². The number of hydrogen-bond donors (Lipinski definition) is 1. The Morgan fingerprint density at radius 3 is 2.63 bits per heavy atom. The third-order valence-electron chi connectivity index (χ3n) is 3.15. The van der Waals surface area contributed by atoms with E-state index in [-0.39, 0.29) is 18.8 Å². The lowest BCUT2D eigenvalue weighted by Gasteiger charge is -2.26. The molecule has 108 valence electrons. The number of rotatable bonds is 3. The molecule has 0 radical (unpaired) electrons. The number of ether oxygens (including phenoxy) is 2. The van der Waals surface area contributed by atoms with E-state index in [2.05, 4.69) is 4.74 Å². The quantitative estimate of drug-likeness (QED) is 0.582. The summed E-state index contributed by atoms with van der Waals surface area (Å²) in [7, 11) is -5.89. The predicted molar refractivity (Wildman–Crippen MR) is 53.6 cm³/mol. The van der Waals surface area contributed by atoms with E-state index in [1.165, 1.54) is 0 Å². The van der Waals surface area contributed by atoms with Gasteiger partial charge in [0.2, 0.25) is 0 Å². The molecule has 0 aromatic rings. The average Bonchev–Trinajstić information content (AvgIpc) is 2.58. The fraction of sp³-hybridized carbons (Fsp3) is 0.778. The Balaban J connectivity index is 2.06. The van der Waals surface area contributed by atoms with Crippen molar-refractivity contribution in [2.24, 2.45) is 5.92 Å². The maximum absolute atomic E-state index is 13.0. The van der Waals surface area contributed by atoms with E-state index in [1.807, 2.05) is 0 Å². The molecular formula is C9H10F2O7S. The van der Waals surface area contributed by atoms with Crippen LogP contribution in [-0.4, -0.2) is 42.4 Å². The number of fused-ring (bicyclic) bond motifs is 2. The number of hydrogen-bond acceptors (Lipinski definition) is 6. The van der Waals surface area contributed by atoms with Crippen molar-refractivity contribution in [2.75, 3.05) is 0 Å². The fourth-order valence-electron chi connectivity index (χ4n) is 2.13. The Morgan fingerprint density at radius 1 is 1.42 bits per heavy atom. The zero-order valence-corrected chi connectivity index (χ0v) is 10.2. The lowest BCUT2D eigenvalue weighted by atomic mass is 9.88. The molecule has 1 heterocycles. The molecule has 3 unspecified atom stereocenters. The van der Waals surface area contributed by atoms with Gasteiger partial charge in [-0.05, 0) is 12.8 Å². The highest BCUT2D eigenvalue weighted by Crippen LogP contribution is 2.37. The molecule has 2 bridgehead atoms. The molecule has 0 aromatic heterocycles. The van der Waals surface area contributed by atoms with Crippen molar-refractivity contribution in [2.45, 2.75) is 36.7 Å². The molecule has 2 rings (SSSR count). The van der Waals surface area contributed by atoms with Crippen molar-refractivity contribution >= 4 is 22.1 Å². The molecule has 2 fully saturated rings. The first kappa shape index (κ1) is 14.1. The maximum Gasteiger partial charge on any atom is 0.465 e. The van der Waals surface area contributed by atoms with Crippen molar-refractivity contribution < 1.29 is 40.8 Å². The lowest BCUT2D eigenvalue weighted by molar-refractivity contribution is -0.175. The number of esters is 2. The predicted octanol–water partition coefficient (Wildman–Crippen LogP) is 0.104. The van der Waals surface area contributed by atoms with Gasteiger partial charge >= 0.3 is 27.3 Å². The first-order chi connectivity index (χ1) is 8.63. The first-order valence-electron chi connectivity index (χ1n) is 5.39. The van der Waals surface area contributed by atoms with Gasteiger partial charge < -0.3 is 9.47 Å². The van der Waals surface area contributed by atoms with Gasteiger partial charge in [0, 0.05) is 6.42 Å². The normalized spacial score (nSPS) is 30.9. The summed E-state index contributed by atoms with van der Waals surface area (Å²) in [5.41, 5.74) is 0. The molecule has 3 atom stereocenters. The monoisotopic (exact) mass is 300 g/mol. The number of halogens is 2. The largest absolute Gasteiger partial charge is 0.465 e. The third kappa shape index (κ3) is 2.41. The molecule has 0 spiro atoms. The Bertz CT molecular complexity index is 515. The zero-order chi connectivity index (χ0) is 14.4. The summed E-state index contributed by atoms with van der Waals surface area (Å²) < 4.78 is 64.1. The molecule has 10 heteroatoms. The summed E-state index contributed by atoms with van der Waals surface area (Å²) in [5.74, 6) is -3.19. The van der Waals surface area contributed by atoms with Crippen molar-refractivity contribution in [3.05, 3.63) is 0 Å². The van der Waals surface area contributed by atoms with Crippen LogP contribution in [0.1, 0.15) is 19.3 Å². The zero-order valence-electron chi connectivity index (χ0n) is 9.41. The van der Waals surface area contributed by atoms with E-state index in [1.54, 1.807) is 0 Å². The molecule has 1 aliphatic carbocycles. The number of alkyl halides is 2. The van der Waals surface area contributed by atoms with Crippen LogP contribution in [0.2, 0.25) is 0 Å². The van der Waals surface area contributed by atoms with E-state index in [9.17, 15) is 26.8 Å². The van der Waals surface area contributed by atoms with Crippen LogP contribution in [0.5, 0.6) is 0 Å². The van der Waals surface area contributed by atoms with Crippen molar-refractivity contribution in [1.82, 2.24) is 0 Å². The van der Waals surface area contributed by atoms with Gasteiger partial charge in [-0.15, -0.1) is 0 Å². The van der Waals surface area contributed by atoms with E-state index < -0.39 is 39.5 Å². The van der Waals surface area contributed by atoms with Gasteiger partial charge in [-0.2, -0.15) is 17.2 Å². The molecule has 1 N–H and O–H groups in total. The van der Waals surface area contributed by atoms with Crippen molar-refractivity contribution in [1.29, 1.82) is 0 Å².